The van der Waals surface area contributed by atoms with E-state index < -0.39 is 0 Å². The average Bonchev–Trinajstić information content (AvgIpc) is 3.34. The minimum absolute atomic E-state index is 0.0342. The van der Waals surface area contributed by atoms with Crippen LogP contribution in [0.5, 0.6) is 0 Å². The van der Waals surface area contributed by atoms with E-state index in [1.165, 1.54) is 11.3 Å². The SMILES string of the molecule is O=C(NC1CCN(C(=O)C2CCCCN2C(=O)c2cccs2)CC1)c1ccccc1. The van der Waals surface area contributed by atoms with Crippen molar-refractivity contribution in [1.29, 1.82) is 0 Å². The monoisotopic (exact) mass is 425 g/mol. The summed E-state index contributed by atoms with van der Waals surface area (Å²) in [6, 6.07) is 12.6. The number of carbonyl (C=O) groups is 3. The first kappa shape index (κ1) is 20.6. The first-order valence-electron chi connectivity index (χ1n) is 10.6. The van der Waals surface area contributed by atoms with E-state index in [1.54, 1.807) is 17.0 Å². The van der Waals surface area contributed by atoms with Crippen LogP contribution in [0.4, 0.5) is 0 Å². The molecule has 158 valence electrons. The van der Waals surface area contributed by atoms with Crippen LogP contribution < -0.4 is 5.32 Å². The average molecular weight is 426 g/mol. The summed E-state index contributed by atoms with van der Waals surface area (Å²) in [6.45, 7) is 1.85. The van der Waals surface area contributed by atoms with Gasteiger partial charge in [-0.1, -0.05) is 24.3 Å². The number of benzene rings is 1. The summed E-state index contributed by atoms with van der Waals surface area (Å²) >= 11 is 1.42. The van der Waals surface area contributed by atoms with Crippen LogP contribution >= 0.6 is 11.3 Å². The highest BCUT2D eigenvalue weighted by atomic mass is 32.1. The van der Waals surface area contributed by atoms with Gasteiger partial charge in [0.1, 0.15) is 6.04 Å². The summed E-state index contributed by atoms with van der Waals surface area (Å²) in [5.74, 6) is -0.0547. The zero-order valence-corrected chi connectivity index (χ0v) is 17.8. The van der Waals surface area contributed by atoms with E-state index in [9.17, 15) is 14.4 Å². The molecule has 0 saturated carbocycles. The van der Waals surface area contributed by atoms with Crippen LogP contribution in [0.25, 0.3) is 0 Å². The maximum atomic E-state index is 13.2. The number of nitrogens with zero attached hydrogens (tertiary/aromatic N) is 2. The van der Waals surface area contributed by atoms with E-state index in [1.807, 2.05) is 40.6 Å². The molecule has 0 bridgehead atoms. The third kappa shape index (κ3) is 4.56. The Bertz CT molecular complexity index is 876. The summed E-state index contributed by atoms with van der Waals surface area (Å²) in [6.07, 6.45) is 4.09. The molecule has 2 saturated heterocycles. The number of hydrogen-bond acceptors (Lipinski definition) is 4. The Kier molecular flexibility index (Phi) is 6.47. The maximum absolute atomic E-state index is 13.2. The van der Waals surface area contributed by atoms with Gasteiger partial charge in [0.2, 0.25) is 5.91 Å². The molecule has 1 unspecified atom stereocenters. The highest BCUT2D eigenvalue weighted by molar-refractivity contribution is 7.12. The highest BCUT2D eigenvalue weighted by Crippen LogP contribution is 2.24. The Balaban J connectivity index is 1.34. The molecule has 6 nitrogen and oxygen atoms in total. The van der Waals surface area contributed by atoms with Gasteiger partial charge in [0, 0.05) is 31.2 Å². The predicted molar refractivity (Wildman–Crippen MR) is 117 cm³/mol. The second-order valence-electron chi connectivity index (χ2n) is 7.93. The molecule has 2 aliphatic heterocycles. The third-order valence-electron chi connectivity index (χ3n) is 5.96. The molecular weight excluding hydrogens is 398 g/mol. The smallest absolute Gasteiger partial charge is 0.264 e. The molecule has 1 atom stereocenters. The van der Waals surface area contributed by atoms with Gasteiger partial charge in [-0.2, -0.15) is 0 Å². The van der Waals surface area contributed by atoms with E-state index in [4.69, 9.17) is 0 Å². The molecule has 1 aromatic carbocycles. The van der Waals surface area contributed by atoms with Crippen molar-refractivity contribution in [1.82, 2.24) is 15.1 Å². The summed E-state index contributed by atoms with van der Waals surface area (Å²) in [5.41, 5.74) is 0.654. The van der Waals surface area contributed by atoms with Crippen molar-refractivity contribution in [2.45, 2.75) is 44.2 Å². The normalized spacial score (nSPS) is 20.1. The molecule has 0 radical (unpaired) electrons. The van der Waals surface area contributed by atoms with Crippen molar-refractivity contribution >= 4 is 29.1 Å². The van der Waals surface area contributed by atoms with Gasteiger partial charge in [-0.25, -0.2) is 0 Å². The Morgan fingerprint density at radius 1 is 0.900 bits per heavy atom. The topological polar surface area (TPSA) is 69.7 Å². The lowest BCUT2D eigenvalue weighted by Crippen LogP contribution is -2.55. The number of thiophene rings is 1. The Labute approximate surface area is 180 Å². The van der Waals surface area contributed by atoms with Gasteiger partial charge >= 0.3 is 0 Å². The highest BCUT2D eigenvalue weighted by Gasteiger charge is 2.36. The summed E-state index contributed by atoms with van der Waals surface area (Å²) < 4.78 is 0. The Morgan fingerprint density at radius 2 is 1.67 bits per heavy atom. The summed E-state index contributed by atoms with van der Waals surface area (Å²) in [5, 5.41) is 4.97. The number of rotatable bonds is 4. The molecular formula is C23H27N3O3S. The summed E-state index contributed by atoms with van der Waals surface area (Å²) in [7, 11) is 0. The number of hydrogen-bond donors (Lipinski definition) is 1. The van der Waals surface area contributed by atoms with Crippen molar-refractivity contribution in [3.05, 3.63) is 58.3 Å². The van der Waals surface area contributed by atoms with Crippen LogP contribution in [-0.4, -0.2) is 59.2 Å². The fraction of sp³-hybridized carbons (Fsp3) is 0.435. The van der Waals surface area contributed by atoms with Gasteiger partial charge < -0.3 is 15.1 Å². The largest absolute Gasteiger partial charge is 0.349 e. The standard InChI is InChI=1S/C23H27N3O3S/c27-21(17-7-2-1-3-8-17)24-18-11-14-25(15-12-18)22(28)19-9-4-5-13-26(19)23(29)20-10-6-16-30-20/h1-3,6-8,10,16,18-19H,4-5,9,11-15H2,(H,24,27). The molecule has 0 spiro atoms. The van der Waals surface area contributed by atoms with Crippen molar-refractivity contribution < 1.29 is 14.4 Å². The number of carbonyl (C=O) groups excluding carboxylic acids is 3. The first-order valence-corrected chi connectivity index (χ1v) is 11.5. The van der Waals surface area contributed by atoms with Gasteiger partial charge in [-0.15, -0.1) is 11.3 Å². The summed E-state index contributed by atoms with van der Waals surface area (Å²) in [4.78, 5) is 42.8. The molecule has 1 aromatic heterocycles. The molecule has 0 aliphatic carbocycles. The van der Waals surface area contributed by atoms with Crippen LogP contribution in [-0.2, 0) is 4.79 Å². The second-order valence-corrected chi connectivity index (χ2v) is 8.87. The lowest BCUT2D eigenvalue weighted by molar-refractivity contribution is -0.138. The van der Waals surface area contributed by atoms with Gasteiger partial charge in [0.05, 0.1) is 4.88 Å². The number of amides is 3. The van der Waals surface area contributed by atoms with Crippen molar-refractivity contribution in [3.8, 4) is 0 Å². The Hall–Kier alpha value is -2.67. The minimum atomic E-state index is -0.371. The minimum Gasteiger partial charge on any atom is -0.349 e. The van der Waals surface area contributed by atoms with Crippen molar-refractivity contribution in [2.24, 2.45) is 0 Å². The maximum Gasteiger partial charge on any atom is 0.264 e. The van der Waals surface area contributed by atoms with Gasteiger partial charge in [-0.3, -0.25) is 14.4 Å². The first-order chi connectivity index (χ1) is 14.6. The Morgan fingerprint density at radius 3 is 2.37 bits per heavy atom. The fourth-order valence-corrected chi connectivity index (χ4v) is 4.97. The van der Waals surface area contributed by atoms with E-state index in [0.717, 1.165) is 32.1 Å². The third-order valence-corrected chi connectivity index (χ3v) is 6.82. The second kappa shape index (κ2) is 9.43. The quantitative estimate of drug-likeness (QED) is 0.818. The lowest BCUT2D eigenvalue weighted by atomic mass is 9.98. The molecule has 1 N–H and O–H groups in total. The van der Waals surface area contributed by atoms with Crippen LogP contribution in [0.2, 0.25) is 0 Å². The molecule has 30 heavy (non-hydrogen) atoms. The number of likely N-dealkylation sites (tertiary alicyclic amines) is 2. The van der Waals surface area contributed by atoms with Crippen LogP contribution in [0.3, 0.4) is 0 Å². The van der Waals surface area contributed by atoms with E-state index >= 15 is 0 Å². The molecule has 2 aliphatic rings. The van der Waals surface area contributed by atoms with Gasteiger partial charge in [0.15, 0.2) is 0 Å². The van der Waals surface area contributed by atoms with Gasteiger partial charge in [0.25, 0.3) is 11.8 Å². The van der Waals surface area contributed by atoms with Crippen LogP contribution in [0, 0.1) is 0 Å². The molecule has 4 rings (SSSR count). The number of nitrogens with one attached hydrogen (secondary N) is 1. The van der Waals surface area contributed by atoms with Gasteiger partial charge in [-0.05, 0) is 55.7 Å². The molecule has 3 heterocycles. The fourth-order valence-electron chi connectivity index (χ4n) is 4.29. The molecule has 2 aromatic rings. The molecule has 3 amide bonds. The van der Waals surface area contributed by atoms with E-state index in [-0.39, 0.29) is 29.8 Å². The van der Waals surface area contributed by atoms with Crippen molar-refractivity contribution in [3.63, 3.8) is 0 Å². The van der Waals surface area contributed by atoms with Crippen LogP contribution in [0.15, 0.2) is 47.8 Å². The molecule has 2 fully saturated rings. The zero-order chi connectivity index (χ0) is 20.9. The predicted octanol–water partition coefficient (Wildman–Crippen LogP) is 3.16. The van der Waals surface area contributed by atoms with E-state index in [0.29, 0.717) is 30.1 Å². The lowest BCUT2D eigenvalue weighted by Gasteiger charge is -2.40. The zero-order valence-electron chi connectivity index (χ0n) is 17.0. The van der Waals surface area contributed by atoms with E-state index in [2.05, 4.69) is 5.32 Å². The molecule has 7 heteroatoms. The van der Waals surface area contributed by atoms with Crippen molar-refractivity contribution in [2.75, 3.05) is 19.6 Å². The van der Waals surface area contributed by atoms with Crippen LogP contribution in [0.1, 0.15) is 52.1 Å². The number of piperidine rings is 2.